The fourth-order valence-electron chi connectivity index (χ4n) is 4.38. The number of alkyl halides is 3. The first-order chi connectivity index (χ1) is 14.9. The van der Waals surface area contributed by atoms with E-state index >= 15 is 0 Å². The number of benzene rings is 1. The number of fused-ring (bicyclic) bond motifs is 1. The van der Waals surface area contributed by atoms with Crippen LogP contribution in [0.15, 0.2) is 36.5 Å². The normalized spacial score (nSPS) is 21.1. The maximum atomic E-state index is 14.3. The number of pyridine rings is 1. The predicted octanol–water partition coefficient (Wildman–Crippen LogP) is 5.00. The minimum Gasteiger partial charge on any atom is -0.496 e. The van der Waals surface area contributed by atoms with Crippen LogP contribution in [0.3, 0.4) is 0 Å². The molecule has 0 saturated carbocycles. The van der Waals surface area contributed by atoms with Crippen LogP contribution in [0.5, 0.6) is 5.75 Å². The van der Waals surface area contributed by atoms with Crippen LogP contribution >= 0.6 is 0 Å². The van der Waals surface area contributed by atoms with Crippen molar-refractivity contribution >= 4 is 16.7 Å². The highest BCUT2D eigenvalue weighted by Gasteiger charge is 2.76. The van der Waals surface area contributed by atoms with E-state index in [0.717, 1.165) is 5.39 Å². The lowest BCUT2D eigenvalue weighted by molar-refractivity contribution is -0.184. The van der Waals surface area contributed by atoms with Gasteiger partial charge in [-0.05, 0) is 30.3 Å². The van der Waals surface area contributed by atoms with Crippen LogP contribution in [0.2, 0.25) is 0 Å². The molecule has 0 radical (unpaired) electrons. The van der Waals surface area contributed by atoms with Gasteiger partial charge in [0.1, 0.15) is 23.5 Å². The molecule has 1 fully saturated rings. The number of hydrogen-bond donors (Lipinski definition) is 1. The maximum Gasteiger partial charge on any atom is 0.420 e. The number of aromatic amines is 1. The topological polar surface area (TPSA) is 53.7 Å². The van der Waals surface area contributed by atoms with Crippen molar-refractivity contribution in [2.24, 2.45) is 0 Å². The molecule has 1 aromatic carbocycles. The molecule has 1 aliphatic rings. The second-order valence-electron chi connectivity index (χ2n) is 8.95. The average Bonchev–Trinajstić information content (AvgIpc) is 3.33. The van der Waals surface area contributed by atoms with Crippen molar-refractivity contribution in [1.82, 2.24) is 9.97 Å². The first-order valence-electron chi connectivity index (χ1n) is 10.1. The fraction of sp³-hybridized carbons (Fsp3) is 0.435. The average molecular weight is 451 g/mol. The fourth-order valence-corrected chi connectivity index (χ4v) is 4.38. The summed E-state index contributed by atoms with van der Waals surface area (Å²) in [6, 6.07) is 7.33. The number of nitrogens with one attached hydrogen (secondary N) is 1. The SMILES string of the molecule is COc1ccc(F)cc1C(C)(C)C1OC1(Cc1cc2cc(N(C)C)ncc2[nH]1)C(F)(F)F. The third kappa shape index (κ3) is 3.58. The molecular weight excluding hydrogens is 426 g/mol. The standard InChI is InChI=1S/C23H25F4N3O2/c1-21(2,16-10-14(24)6-7-18(16)31-5)20-22(32-20,23(25,26)27)11-15-8-13-9-19(30(3)4)28-12-17(13)29-15/h6-10,12,20,29H,11H2,1-5H3. The van der Waals surface area contributed by atoms with Gasteiger partial charge in [0.25, 0.3) is 0 Å². The van der Waals surface area contributed by atoms with E-state index < -0.39 is 35.5 Å². The zero-order valence-corrected chi connectivity index (χ0v) is 18.5. The summed E-state index contributed by atoms with van der Waals surface area (Å²) in [6.07, 6.45) is -4.64. The number of aromatic nitrogens is 2. The summed E-state index contributed by atoms with van der Waals surface area (Å²) < 4.78 is 67.6. The Bertz CT molecular complexity index is 1160. The van der Waals surface area contributed by atoms with Crippen LogP contribution in [-0.2, 0) is 16.6 Å². The van der Waals surface area contributed by atoms with Crippen LogP contribution < -0.4 is 9.64 Å². The van der Waals surface area contributed by atoms with Gasteiger partial charge >= 0.3 is 6.18 Å². The third-order valence-electron chi connectivity index (χ3n) is 6.14. The van der Waals surface area contributed by atoms with E-state index in [0.29, 0.717) is 28.3 Å². The quantitative estimate of drug-likeness (QED) is 0.424. The Labute approximate surface area is 183 Å². The molecule has 9 heteroatoms. The highest BCUT2D eigenvalue weighted by atomic mass is 19.4. The summed E-state index contributed by atoms with van der Waals surface area (Å²) in [5.74, 6) is 0.469. The summed E-state index contributed by atoms with van der Waals surface area (Å²) in [7, 11) is 5.08. The molecule has 2 aromatic heterocycles. The predicted molar refractivity (Wildman–Crippen MR) is 114 cm³/mol. The van der Waals surface area contributed by atoms with Crippen molar-refractivity contribution in [1.29, 1.82) is 0 Å². The zero-order chi connectivity index (χ0) is 23.5. The second-order valence-corrected chi connectivity index (χ2v) is 8.95. The second kappa shape index (κ2) is 7.37. The van der Waals surface area contributed by atoms with Crippen molar-refractivity contribution in [3.63, 3.8) is 0 Å². The van der Waals surface area contributed by atoms with Gasteiger partial charge in [-0.1, -0.05) is 13.8 Å². The van der Waals surface area contributed by atoms with Crippen LogP contribution in [0, 0.1) is 5.82 Å². The molecule has 3 heterocycles. The highest BCUT2D eigenvalue weighted by Crippen LogP contribution is 2.59. The monoisotopic (exact) mass is 451 g/mol. The summed E-state index contributed by atoms with van der Waals surface area (Å²) in [5, 5.41) is 0.763. The van der Waals surface area contributed by atoms with Crippen molar-refractivity contribution in [3.05, 3.63) is 53.6 Å². The van der Waals surface area contributed by atoms with Crippen molar-refractivity contribution < 1.29 is 27.0 Å². The molecule has 32 heavy (non-hydrogen) atoms. The summed E-state index contributed by atoms with van der Waals surface area (Å²) in [6.45, 7) is 3.22. The number of methoxy groups -OCH3 is 1. The van der Waals surface area contributed by atoms with E-state index in [2.05, 4.69) is 9.97 Å². The van der Waals surface area contributed by atoms with Gasteiger partial charge in [-0.3, -0.25) is 0 Å². The van der Waals surface area contributed by atoms with E-state index in [1.807, 2.05) is 25.1 Å². The molecule has 4 rings (SSSR count). The minimum atomic E-state index is -4.63. The number of rotatable bonds is 6. The number of nitrogens with zero attached hydrogens (tertiary/aromatic N) is 2. The van der Waals surface area contributed by atoms with E-state index in [4.69, 9.17) is 9.47 Å². The molecule has 0 amide bonds. The molecule has 2 unspecified atom stereocenters. The summed E-state index contributed by atoms with van der Waals surface area (Å²) in [4.78, 5) is 9.14. The van der Waals surface area contributed by atoms with Crippen LogP contribution in [-0.4, -0.2) is 49.1 Å². The van der Waals surface area contributed by atoms with Crippen LogP contribution in [0.1, 0.15) is 25.1 Å². The number of H-pyrrole nitrogens is 1. The number of anilines is 1. The van der Waals surface area contributed by atoms with Gasteiger partial charge in [-0.15, -0.1) is 0 Å². The molecule has 1 N–H and O–H groups in total. The molecule has 1 aliphatic heterocycles. The Hall–Kier alpha value is -2.81. The van der Waals surface area contributed by atoms with Gasteiger partial charge in [0.2, 0.25) is 0 Å². The Morgan fingerprint density at radius 2 is 1.91 bits per heavy atom. The third-order valence-corrected chi connectivity index (χ3v) is 6.14. The van der Waals surface area contributed by atoms with Gasteiger partial charge in [0.05, 0.1) is 18.8 Å². The van der Waals surface area contributed by atoms with E-state index in [1.165, 1.54) is 25.3 Å². The van der Waals surface area contributed by atoms with Crippen molar-refractivity contribution in [2.75, 3.05) is 26.1 Å². The first-order valence-corrected chi connectivity index (χ1v) is 10.1. The minimum absolute atomic E-state index is 0.316. The van der Waals surface area contributed by atoms with Gasteiger partial charge in [0, 0.05) is 42.6 Å². The van der Waals surface area contributed by atoms with Crippen molar-refractivity contribution in [2.45, 2.75) is 43.6 Å². The van der Waals surface area contributed by atoms with Gasteiger partial charge in [-0.25, -0.2) is 9.37 Å². The molecule has 2 atom stereocenters. The Balaban J connectivity index is 1.70. The lowest BCUT2D eigenvalue weighted by Crippen LogP contribution is -2.42. The van der Waals surface area contributed by atoms with Crippen LogP contribution in [0.4, 0.5) is 23.4 Å². The molecule has 3 aromatic rings. The number of ether oxygens (including phenoxy) is 2. The molecule has 0 bridgehead atoms. The summed E-state index contributed by atoms with van der Waals surface area (Å²) in [5.41, 5.74) is -2.19. The van der Waals surface area contributed by atoms with E-state index in [1.54, 1.807) is 26.1 Å². The molecule has 0 aliphatic carbocycles. The smallest absolute Gasteiger partial charge is 0.420 e. The molecule has 0 spiro atoms. The molecule has 172 valence electrons. The Morgan fingerprint density at radius 1 is 1.19 bits per heavy atom. The maximum absolute atomic E-state index is 14.3. The highest BCUT2D eigenvalue weighted by molar-refractivity contribution is 5.82. The van der Waals surface area contributed by atoms with Crippen molar-refractivity contribution in [3.8, 4) is 5.75 Å². The number of halogens is 4. The van der Waals surface area contributed by atoms with Crippen LogP contribution in [0.25, 0.3) is 10.9 Å². The van der Waals surface area contributed by atoms with E-state index in [-0.39, 0.29) is 0 Å². The molecule has 1 saturated heterocycles. The summed E-state index contributed by atoms with van der Waals surface area (Å²) >= 11 is 0. The Kier molecular flexibility index (Phi) is 5.15. The molecular formula is C23H25F4N3O2. The number of epoxide rings is 1. The van der Waals surface area contributed by atoms with Gasteiger partial charge in [0.15, 0.2) is 5.60 Å². The van der Waals surface area contributed by atoms with E-state index in [9.17, 15) is 17.6 Å². The lowest BCUT2D eigenvalue weighted by Gasteiger charge is -2.28. The lowest BCUT2D eigenvalue weighted by atomic mass is 9.75. The van der Waals surface area contributed by atoms with Gasteiger partial charge < -0.3 is 19.4 Å². The zero-order valence-electron chi connectivity index (χ0n) is 18.5. The number of hydrogen-bond acceptors (Lipinski definition) is 4. The Morgan fingerprint density at radius 3 is 2.53 bits per heavy atom. The molecule has 5 nitrogen and oxygen atoms in total. The van der Waals surface area contributed by atoms with Gasteiger partial charge in [-0.2, -0.15) is 13.2 Å². The first kappa shape index (κ1) is 22.4. The largest absolute Gasteiger partial charge is 0.496 e.